The molecule has 98 valence electrons. The molecule has 1 N–H and O–H groups in total. The van der Waals surface area contributed by atoms with E-state index in [4.69, 9.17) is 9.57 Å². The molecule has 18 heavy (non-hydrogen) atoms. The van der Waals surface area contributed by atoms with Gasteiger partial charge in [0.15, 0.2) is 6.61 Å². The second kappa shape index (κ2) is 8.11. The molecule has 0 unspecified atom stereocenters. The Balaban J connectivity index is 2.38. The monoisotopic (exact) mass is 250 g/mol. The van der Waals surface area contributed by atoms with Crippen LogP contribution < -0.4 is 10.1 Å². The van der Waals surface area contributed by atoms with Gasteiger partial charge >= 0.3 is 0 Å². The van der Waals surface area contributed by atoms with Crippen molar-refractivity contribution in [1.29, 1.82) is 0 Å². The predicted octanol–water partition coefficient (Wildman–Crippen LogP) is 1.57. The molecule has 1 aromatic carbocycles. The van der Waals surface area contributed by atoms with Gasteiger partial charge in [0.05, 0.1) is 13.3 Å². The molecule has 1 aromatic rings. The molecule has 0 saturated carbocycles. The highest BCUT2D eigenvalue weighted by molar-refractivity contribution is 5.83. The van der Waals surface area contributed by atoms with E-state index in [1.165, 1.54) is 6.21 Å². The number of benzene rings is 1. The first kappa shape index (κ1) is 14.0. The van der Waals surface area contributed by atoms with Gasteiger partial charge in [0.25, 0.3) is 5.91 Å². The maximum Gasteiger partial charge on any atom is 0.260 e. The van der Waals surface area contributed by atoms with E-state index in [2.05, 4.69) is 10.5 Å². The van der Waals surface area contributed by atoms with Crippen LogP contribution >= 0.6 is 0 Å². The topological polar surface area (TPSA) is 59.9 Å². The van der Waals surface area contributed by atoms with Crippen LogP contribution in [0.2, 0.25) is 0 Å². The Hall–Kier alpha value is -2.04. The van der Waals surface area contributed by atoms with Gasteiger partial charge in [0.2, 0.25) is 0 Å². The fourth-order valence-electron chi connectivity index (χ4n) is 1.28. The van der Waals surface area contributed by atoms with Crippen molar-refractivity contribution in [3.05, 3.63) is 29.8 Å². The number of hydrogen-bond acceptors (Lipinski definition) is 4. The molecule has 0 aliphatic heterocycles. The maximum atomic E-state index is 11.2. The molecule has 0 atom stereocenters. The lowest BCUT2D eigenvalue weighted by molar-refractivity contribution is -0.125. The van der Waals surface area contributed by atoms with Crippen LogP contribution in [-0.2, 0) is 9.63 Å². The summed E-state index contributed by atoms with van der Waals surface area (Å²) >= 11 is 0. The molecule has 1 amide bonds. The van der Waals surface area contributed by atoms with E-state index in [9.17, 15) is 4.79 Å². The number of amides is 1. The highest BCUT2D eigenvalue weighted by Gasteiger charge is 2.00. The number of rotatable bonds is 7. The number of nitrogens with zero attached hydrogens (tertiary/aromatic N) is 1. The summed E-state index contributed by atoms with van der Waals surface area (Å²) in [4.78, 5) is 16.1. The van der Waals surface area contributed by atoms with Gasteiger partial charge in [-0.3, -0.25) is 4.79 Å². The fourth-order valence-corrected chi connectivity index (χ4v) is 1.28. The quantitative estimate of drug-likeness (QED) is 0.590. The zero-order valence-corrected chi connectivity index (χ0v) is 10.7. The molecule has 5 nitrogen and oxygen atoms in total. The van der Waals surface area contributed by atoms with E-state index in [0.29, 0.717) is 12.3 Å². The first-order valence-corrected chi connectivity index (χ1v) is 5.83. The Morgan fingerprint density at radius 3 is 2.94 bits per heavy atom. The molecular weight excluding hydrogens is 232 g/mol. The normalized spacial score (nSPS) is 10.3. The summed E-state index contributed by atoms with van der Waals surface area (Å²) in [5.41, 5.74) is 0.800. The largest absolute Gasteiger partial charge is 0.496 e. The molecule has 0 spiro atoms. The van der Waals surface area contributed by atoms with Crippen LogP contribution in [0.25, 0.3) is 0 Å². The molecule has 0 radical (unpaired) electrons. The summed E-state index contributed by atoms with van der Waals surface area (Å²) < 4.78 is 5.15. The van der Waals surface area contributed by atoms with E-state index >= 15 is 0 Å². The Morgan fingerprint density at radius 2 is 2.22 bits per heavy atom. The van der Waals surface area contributed by atoms with Gasteiger partial charge in [0.1, 0.15) is 5.75 Å². The van der Waals surface area contributed by atoms with Crippen LogP contribution in [0, 0.1) is 0 Å². The Morgan fingerprint density at radius 1 is 1.44 bits per heavy atom. The molecule has 0 saturated heterocycles. The Kier molecular flexibility index (Phi) is 6.32. The van der Waals surface area contributed by atoms with Crippen molar-refractivity contribution >= 4 is 12.1 Å². The molecule has 5 heteroatoms. The third-order valence-electron chi connectivity index (χ3n) is 2.17. The van der Waals surface area contributed by atoms with Crippen LogP contribution in [0.5, 0.6) is 5.75 Å². The van der Waals surface area contributed by atoms with Crippen molar-refractivity contribution in [2.24, 2.45) is 5.16 Å². The SMILES string of the molecule is CCCNC(=O)CO/N=C/c1ccccc1OC. The number of carbonyl (C=O) groups excluding carboxylic acids is 1. The minimum absolute atomic E-state index is 0.0777. The van der Waals surface area contributed by atoms with E-state index in [-0.39, 0.29) is 12.5 Å². The van der Waals surface area contributed by atoms with E-state index in [1.54, 1.807) is 7.11 Å². The standard InChI is InChI=1S/C13H18N2O3/c1-3-8-14-13(16)10-18-15-9-11-6-4-5-7-12(11)17-2/h4-7,9H,3,8,10H2,1-2H3,(H,14,16)/b15-9+. The lowest BCUT2D eigenvalue weighted by Gasteiger charge is -2.03. The van der Waals surface area contributed by atoms with Gasteiger partial charge in [-0.05, 0) is 18.6 Å². The van der Waals surface area contributed by atoms with Crippen molar-refractivity contribution in [3.63, 3.8) is 0 Å². The van der Waals surface area contributed by atoms with Crippen LogP contribution in [0.3, 0.4) is 0 Å². The van der Waals surface area contributed by atoms with E-state index < -0.39 is 0 Å². The summed E-state index contributed by atoms with van der Waals surface area (Å²) in [6, 6.07) is 7.42. The van der Waals surface area contributed by atoms with E-state index in [1.807, 2.05) is 31.2 Å². The maximum absolute atomic E-state index is 11.2. The minimum atomic E-state index is -0.172. The van der Waals surface area contributed by atoms with Crippen molar-refractivity contribution in [3.8, 4) is 5.75 Å². The van der Waals surface area contributed by atoms with Gasteiger partial charge in [-0.15, -0.1) is 0 Å². The number of ether oxygens (including phenoxy) is 1. The summed E-state index contributed by atoms with van der Waals surface area (Å²) in [5.74, 6) is 0.536. The van der Waals surface area contributed by atoms with Crippen LogP contribution in [0.15, 0.2) is 29.4 Å². The summed E-state index contributed by atoms with van der Waals surface area (Å²) in [6.07, 6.45) is 2.42. The molecule has 0 fully saturated rings. The number of hydrogen-bond donors (Lipinski definition) is 1. The zero-order chi connectivity index (χ0) is 13.2. The lowest BCUT2D eigenvalue weighted by Crippen LogP contribution is -2.27. The van der Waals surface area contributed by atoms with Gasteiger partial charge in [-0.2, -0.15) is 0 Å². The molecule has 1 rings (SSSR count). The number of para-hydroxylation sites is 1. The third-order valence-corrected chi connectivity index (χ3v) is 2.17. The van der Waals surface area contributed by atoms with E-state index in [0.717, 1.165) is 12.0 Å². The second-order valence-electron chi connectivity index (χ2n) is 3.60. The molecule has 0 aliphatic carbocycles. The fraction of sp³-hybridized carbons (Fsp3) is 0.385. The van der Waals surface area contributed by atoms with Crippen molar-refractivity contribution < 1.29 is 14.4 Å². The first-order chi connectivity index (χ1) is 8.77. The van der Waals surface area contributed by atoms with Gasteiger partial charge in [0, 0.05) is 12.1 Å². The highest BCUT2D eigenvalue weighted by Crippen LogP contribution is 2.14. The van der Waals surface area contributed by atoms with Crippen molar-refractivity contribution in [2.75, 3.05) is 20.3 Å². The predicted molar refractivity (Wildman–Crippen MR) is 69.8 cm³/mol. The molecule has 0 bridgehead atoms. The van der Waals surface area contributed by atoms with Crippen LogP contribution in [-0.4, -0.2) is 32.4 Å². The average molecular weight is 250 g/mol. The van der Waals surface area contributed by atoms with Crippen LogP contribution in [0.4, 0.5) is 0 Å². The Bertz CT molecular complexity index is 405. The summed E-state index contributed by atoms with van der Waals surface area (Å²) in [6.45, 7) is 2.56. The van der Waals surface area contributed by atoms with Gasteiger partial charge in [-0.1, -0.05) is 24.2 Å². The summed E-state index contributed by atoms with van der Waals surface area (Å²) in [7, 11) is 1.59. The van der Waals surface area contributed by atoms with Gasteiger partial charge in [-0.25, -0.2) is 0 Å². The van der Waals surface area contributed by atoms with Crippen molar-refractivity contribution in [2.45, 2.75) is 13.3 Å². The summed E-state index contributed by atoms with van der Waals surface area (Å²) in [5, 5.41) is 6.42. The molecule has 0 aliphatic rings. The smallest absolute Gasteiger partial charge is 0.260 e. The average Bonchev–Trinajstić information content (AvgIpc) is 2.41. The number of nitrogens with one attached hydrogen (secondary N) is 1. The Labute approximate surface area is 107 Å². The molecule has 0 aromatic heterocycles. The highest BCUT2D eigenvalue weighted by atomic mass is 16.6. The minimum Gasteiger partial charge on any atom is -0.496 e. The van der Waals surface area contributed by atoms with Crippen molar-refractivity contribution in [1.82, 2.24) is 5.32 Å². The molecular formula is C13H18N2O3. The number of oxime groups is 1. The third kappa shape index (κ3) is 4.86. The lowest BCUT2D eigenvalue weighted by atomic mass is 10.2. The first-order valence-electron chi connectivity index (χ1n) is 5.83. The number of methoxy groups -OCH3 is 1. The zero-order valence-electron chi connectivity index (χ0n) is 10.7. The molecule has 0 heterocycles. The number of carbonyl (C=O) groups is 1. The van der Waals surface area contributed by atoms with Crippen LogP contribution in [0.1, 0.15) is 18.9 Å². The second-order valence-corrected chi connectivity index (χ2v) is 3.60. The van der Waals surface area contributed by atoms with Gasteiger partial charge < -0.3 is 14.9 Å².